The maximum absolute atomic E-state index is 11.9. The number of aliphatic hydroxyl groups excluding tert-OH is 1. The van der Waals surface area contributed by atoms with Crippen molar-refractivity contribution >= 4 is 9.84 Å². The Balaban J connectivity index is 2.52. The van der Waals surface area contributed by atoms with Gasteiger partial charge < -0.3 is 10.4 Å². The third kappa shape index (κ3) is 4.66. The van der Waals surface area contributed by atoms with E-state index in [1.54, 1.807) is 25.1 Å². The van der Waals surface area contributed by atoms with Crippen LogP contribution < -0.4 is 5.32 Å². The highest BCUT2D eigenvalue weighted by Crippen LogP contribution is 2.27. The minimum absolute atomic E-state index is 0.179. The topological polar surface area (TPSA) is 66.4 Å². The Morgan fingerprint density at radius 1 is 1.12 bits per heavy atom. The van der Waals surface area contributed by atoms with Gasteiger partial charge in [-0.2, -0.15) is 0 Å². The second-order valence-corrected chi connectivity index (χ2v) is 8.41. The Morgan fingerprint density at radius 3 is 2.46 bits per heavy atom. The molecule has 0 aromatic heterocycles. The molecule has 2 atom stereocenters. The Hall–Kier alpha value is -1.69. The van der Waals surface area contributed by atoms with Gasteiger partial charge >= 0.3 is 0 Å². The lowest BCUT2D eigenvalue weighted by atomic mass is 9.93. The monoisotopic (exact) mass is 347 g/mol. The molecule has 0 spiro atoms. The van der Waals surface area contributed by atoms with Crippen LogP contribution in [0.25, 0.3) is 0 Å². The van der Waals surface area contributed by atoms with Crippen molar-refractivity contribution in [3.8, 4) is 0 Å². The fraction of sp³-hybridized carbons (Fsp3) is 0.368. The molecule has 0 aliphatic heterocycles. The van der Waals surface area contributed by atoms with Gasteiger partial charge in [0.15, 0.2) is 9.84 Å². The molecule has 2 aromatic carbocycles. The van der Waals surface area contributed by atoms with Crippen LogP contribution in [0, 0.1) is 13.8 Å². The highest BCUT2D eigenvalue weighted by molar-refractivity contribution is 7.90. The first-order valence-electron chi connectivity index (χ1n) is 7.97. The first-order valence-corrected chi connectivity index (χ1v) is 9.86. The van der Waals surface area contributed by atoms with E-state index in [2.05, 4.69) is 23.5 Å². The maximum atomic E-state index is 11.9. The van der Waals surface area contributed by atoms with Gasteiger partial charge in [0, 0.05) is 12.8 Å². The van der Waals surface area contributed by atoms with Gasteiger partial charge in [-0.1, -0.05) is 35.9 Å². The van der Waals surface area contributed by atoms with Crippen molar-refractivity contribution in [2.24, 2.45) is 0 Å². The smallest absolute Gasteiger partial charge is 0.175 e. The Bertz CT molecular complexity index is 813. The van der Waals surface area contributed by atoms with Crippen LogP contribution in [0.5, 0.6) is 0 Å². The molecule has 0 amide bonds. The third-order valence-corrected chi connectivity index (χ3v) is 5.09. The maximum Gasteiger partial charge on any atom is 0.175 e. The quantitative estimate of drug-likeness (QED) is 0.843. The van der Waals surface area contributed by atoms with E-state index in [1.165, 1.54) is 6.26 Å². The van der Waals surface area contributed by atoms with Gasteiger partial charge in [-0.05, 0) is 49.6 Å². The van der Waals surface area contributed by atoms with Gasteiger partial charge in [0.1, 0.15) is 0 Å². The molecule has 0 heterocycles. The SMILES string of the molecule is Cc1ccc(C)c(C(NCC(C)O)c2cccc(S(C)(=O)=O)c2)c1. The number of rotatable bonds is 6. The molecule has 0 radical (unpaired) electrons. The molecular weight excluding hydrogens is 322 g/mol. The van der Waals surface area contributed by atoms with E-state index in [1.807, 2.05) is 19.9 Å². The zero-order valence-corrected chi connectivity index (χ0v) is 15.4. The molecule has 4 nitrogen and oxygen atoms in total. The van der Waals surface area contributed by atoms with E-state index in [4.69, 9.17) is 0 Å². The van der Waals surface area contributed by atoms with Gasteiger partial charge in [-0.3, -0.25) is 0 Å². The third-order valence-electron chi connectivity index (χ3n) is 3.98. The van der Waals surface area contributed by atoms with Crippen LogP contribution in [0.4, 0.5) is 0 Å². The summed E-state index contributed by atoms with van der Waals surface area (Å²) >= 11 is 0. The summed E-state index contributed by atoms with van der Waals surface area (Å²) in [5.41, 5.74) is 4.21. The van der Waals surface area contributed by atoms with Crippen LogP contribution in [-0.4, -0.2) is 32.4 Å². The normalized spacial score (nSPS) is 14.4. The van der Waals surface area contributed by atoms with Crippen molar-refractivity contribution < 1.29 is 13.5 Å². The molecule has 5 heteroatoms. The molecule has 0 saturated heterocycles. The number of hydrogen-bond acceptors (Lipinski definition) is 4. The van der Waals surface area contributed by atoms with E-state index < -0.39 is 15.9 Å². The van der Waals surface area contributed by atoms with Crippen molar-refractivity contribution in [2.75, 3.05) is 12.8 Å². The molecular formula is C19H25NO3S. The Labute approximate surface area is 144 Å². The molecule has 2 rings (SSSR count). The molecule has 2 unspecified atom stereocenters. The van der Waals surface area contributed by atoms with Crippen LogP contribution in [0.1, 0.15) is 35.2 Å². The number of hydrogen-bond donors (Lipinski definition) is 2. The molecule has 2 N–H and O–H groups in total. The fourth-order valence-corrected chi connectivity index (χ4v) is 3.37. The Morgan fingerprint density at radius 2 is 1.83 bits per heavy atom. The summed E-state index contributed by atoms with van der Waals surface area (Å²) in [6, 6.07) is 13.0. The first-order chi connectivity index (χ1) is 11.2. The predicted molar refractivity (Wildman–Crippen MR) is 97.0 cm³/mol. The average Bonchev–Trinajstić information content (AvgIpc) is 2.50. The van der Waals surface area contributed by atoms with Crippen molar-refractivity contribution in [2.45, 2.75) is 37.8 Å². The van der Waals surface area contributed by atoms with Gasteiger partial charge in [0.25, 0.3) is 0 Å². The standard InChI is InChI=1S/C19H25NO3S/c1-13-8-9-14(2)18(10-13)19(20-12-15(3)21)16-6-5-7-17(11-16)24(4,22)23/h5-11,15,19-21H,12H2,1-4H3. The van der Waals surface area contributed by atoms with Gasteiger partial charge in [0.05, 0.1) is 17.0 Å². The van der Waals surface area contributed by atoms with Gasteiger partial charge in [-0.15, -0.1) is 0 Å². The van der Waals surface area contributed by atoms with E-state index in [0.29, 0.717) is 11.4 Å². The molecule has 0 aliphatic carbocycles. The molecule has 0 fully saturated rings. The molecule has 130 valence electrons. The second-order valence-electron chi connectivity index (χ2n) is 6.39. The van der Waals surface area contributed by atoms with Crippen molar-refractivity contribution in [1.29, 1.82) is 0 Å². The summed E-state index contributed by atoms with van der Waals surface area (Å²) in [6.45, 7) is 6.20. The molecule has 2 aromatic rings. The highest BCUT2D eigenvalue weighted by Gasteiger charge is 2.18. The summed E-state index contributed by atoms with van der Waals surface area (Å²) in [7, 11) is -3.27. The molecule has 0 aliphatic rings. The highest BCUT2D eigenvalue weighted by atomic mass is 32.2. The second kappa shape index (κ2) is 7.47. The average molecular weight is 347 g/mol. The summed E-state index contributed by atoms with van der Waals surface area (Å²) in [5, 5.41) is 13.0. The van der Waals surface area contributed by atoms with Crippen LogP contribution >= 0.6 is 0 Å². The number of nitrogens with one attached hydrogen (secondary N) is 1. The lowest BCUT2D eigenvalue weighted by molar-refractivity contribution is 0.188. The summed E-state index contributed by atoms with van der Waals surface area (Å²) in [6.07, 6.45) is 0.720. The number of sulfone groups is 1. The lowest BCUT2D eigenvalue weighted by Gasteiger charge is -2.23. The summed E-state index contributed by atoms with van der Waals surface area (Å²) in [5.74, 6) is 0. The van der Waals surface area contributed by atoms with Crippen LogP contribution in [0.2, 0.25) is 0 Å². The van der Waals surface area contributed by atoms with E-state index in [9.17, 15) is 13.5 Å². The number of aryl methyl sites for hydroxylation is 2. The van der Waals surface area contributed by atoms with Crippen LogP contribution in [0.15, 0.2) is 47.4 Å². The van der Waals surface area contributed by atoms with E-state index >= 15 is 0 Å². The van der Waals surface area contributed by atoms with Crippen molar-refractivity contribution in [3.63, 3.8) is 0 Å². The van der Waals surface area contributed by atoms with Crippen LogP contribution in [0.3, 0.4) is 0 Å². The van der Waals surface area contributed by atoms with E-state index in [0.717, 1.165) is 22.3 Å². The number of aliphatic hydroxyl groups is 1. The predicted octanol–water partition coefficient (Wildman–Crippen LogP) is 2.77. The van der Waals surface area contributed by atoms with Crippen LogP contribution in [-0.2, 0) is 9.84 Å². The van der Waals surface area contributed by atoms with Gasteiger partial charge in [0.2, 0.25) is 0 Å². The molecule has 0 bridgehead atoms. The van der Waals surface area contributed by atoms with E-state index in [-0.39, 0.29) is 6.04 Å². The zero-order valence-electron chi connectivity index (χ0n) is 14.6. The molecule has 24 heavy (non-hydrogen) atoms. The first kappa shape index (κ1) is 18.6. The fourth-order valence-electron chi connectivity index (χ4n) is 2.69. The Kier molecular flexibility index (Phi) is 5.80. The number of benzene rings is 2. The summed E-state index contributed by atoms with van der Waals surface area (Å²) < 4.78 is 23.7. The lowest BCUT2D eigenvalue weighted by Crippen LogP contribution is -2.30. The zero-order chi connectivity index (χ0) is 17.9. The van der Waals surface area contributed by atoms with Gasteiger partial charge in [-0.25, -0.2) is 8.42 Å². The summed E-state index contributed by atoms with van der Waals surface area (Å²) in [4.78, 5) is 0.300. The molecule has 0 saturated carbocycles. The largest absolute Gasteiger partial charge is 0.392 e. The van der Waals surface area contributed by atoms with Crippen molar-refractivity contribution in [3.05, 3.63) is 64.7 Å². The van der Waals surface area contributed by atoms with Crippen molar-refractivity contribution in [1.82, 2.24) is 5.32 Å². The minimum atomic E-state index is -3.27. The minimum Gasteiger partial charge on any atom is -0.392 e.